The first-order chi connectivity index (χ1) is 7.56. The molecular weight excluding hydrogens is 224 g/mol. The lowest BCUT2D eigenvalue weighted by molar-refractivity contribution is 0.248. The van der Waals surface area contributed by atoms with Crippen molar-refractivity contribution in [2.45, 2.75) is 44.8 Å². The van der Waals surface area contributed by atoms with Crippen LogP contribution in [0.25, 0.3) is 0 Å². The van der Waals surface area contributed by atoms with Gasteiger partial charge in [0.1, 0.15) is 0 Å². The van der Waals surface area contributed by atoms with Crippen molar-refractivity contribution >= 4 is 10.0 Å². The maximum absolute atomic E-state index is 12.2. The van der Waals surface area contributed by atoms with E-state index < -0.39 is 15.3 Å². The SMILES string of the molecule is CCC(CN)S(=O)(=O)N(CC)CC1CCC1. The van der Waals surface area contributed by atoms with Gasteiger partial charge in [0, 0.05) is 19.6 Å². The van der Waals surface area contributed by atoms with Crippen LogP contribution in [0.3, 0.4) is 0 Å². The van der Waals surface area contributed by atoms with E-state index in [-0.39, 0.29) is 6.54 Å². The number of nitrogens with zero attached hydrogens (tertiary/aromatic N) is 1. The van der Waals surface area contributed by atoms with Crippen LogP contribution in [0.5, 0.6) is 0 Å². The molecule has 0 amide bonds. The van der Waals surface area contributed by atoms with Gasteiger partial charge in [0.15, 0.2) is 0 Å². The maximum Gasteiger partial charge on any atom is 0.218 e. The van der Waals surface area contributed by atoms with Crippen LogP contribution in [-0.4, -0.2) is 37.6 Å². The van der Waals surface area contributed by atoms with Crippen molar-refractivity contribution in [1.82, 2.24) is 4.31 Å². The molecule has 96 valence electrons. The molecule has 0 saturated heterocycles. The van der Waals surface area contributed by atoms with E-state index >= 15 is 0 Å². The van der Waals surface area contributed by atoms with Gasteiger partial charge in [-0.25, -0.2) is 12.7 Å². The van der Waals surface area contributed by atoms with Gasteiger partial charge in [-0.15, -0.1) is 0 Å². The molecule has 1 aliphatic rings. The van der Waals surface area contributed by atoms with E-state index in [1.807, 2.05) is 13.8 Å². The second-order valence-electron chi connectivity index (χ2n) is 4.56. The van der Waals surface area contributed by atoms with Crippen LogP contribution in [0.2, 0.25) is 0 Å². The predicted molar refractivity (Wildman–Crippen MR) is 66.6 cm³/mol. The predicted octanol–water partition coefficient (Wildman–Crippen LogP) is 1.18. The summed E-state index contributed by atoms with van der Waals surface area (Å²) in [6.45, 7) is 5.26. The van der Waals surface area contributed by atoms with E-state index in [1.54, 1.807) is 4.31 Å². The molecule has 5 heteroatoms. The Morgan fingerprint density at radius 1 is 1.38 bits per heavy atom. The third kappa shape index (κ3) is 2.96. The molecule has 0 bridgehead atoms. The van der Waals surface area contributed by atoms with Crippen LogP contribution < -0.4 is 5.73 Å². The van der Waals surface area contributed by atoms with E-state index in [2.05, 4.69) is 0 Å². The Morgan fingerprint density at radius 2 is 2.00 bits per heavy atom. The van der Waals surface area contributed by atoms with E-state index in [1.165, 1.54) is 19.3 Å². The quantitative estimate of drug-likeness (QED) is 0.736. The molecular formula is C11H24N2O2S. The Hall–Kier alpha value is -0.130. The van der Waals surface area contributed by atoms with Gasteiger partial charge < -0.3 is 5.73 Å². The van der Waals surface area contributed by atoms with Gasteiger partial charge in [-0.05, 0) is 25.2 Å². The van der Waals surface area contributed by atoms with Crippen LogP contribution in [0.4, 0.5) is 0 Å². The van der Waals surface area contributed by atoms with Crippen LogP contribution in [0, 0.1) is 5.92 Å². The third-order valence-corrected chi connectivity index (χ3v) is 6.03. The number of nitrogens with two attached hydrogens (primary N) is 1. The van der Waals surface area contributed by atoms with Crippen molar-refractivity contribution in [1.29, 1.82) is 0 Å². The summed E-state index contributed by atoms with van der Waals surface area (Å²) in [5, 5.41) is -0.410. The number of hydrogen-bond acceptors (Lipinski definition) is 3. The highest BCUT2D eigenvalue weighted by atomic mass is 32.2. The summed E-state index contributed by atoms with van der Waals surface area (Å²) in [4.78, 5) is 0. The lowest BCUT2D eigenvalue weighted by Crippen LogP contribution is -2.44. The molecule has 0 aromatic rings. The number of sulfonamides is 1. The summed E-state index contributed by atoms with van der Waals surface area (Å²) in [5.41, 5.74) is 5.53. The summed E-state index contributed by atoms with van der Waals surface area (Å²) < 4.78 is 26.1. The molecule has 0 aliphatic heterocycles. The summed E-state index contributed by atoms with van der Waals surface area (Å²) >= 11 is 0. The van der Waals surface area contributed by atoms with E-state index in [0.29, 0.717) is 25.4 Å². The van der Waals surface area contributed by atoms with Crippen molar-refractivity contribution in [2.75, 3.05) is 19.6 Å². The monoisotopic (exact) mass is 248 g/mol. The van der Waals surface area contributed by atoms with Crippen molar-refractivity contribution < 1.29 is 8.42 Å². The normalized spacial score (nSPS) is 19.8. The fraction of sp³-hybridized carbons (Fsp3) is 1.00. The van der Waals surface area contributed by atoms with Gasteiger partial charge in [-0.3, -0.25) is 0 Å². The standard InChI is InChI=1S/C11H24N2O2S/c1-3-11(8-12)16(14,15)13(4-2)9-10-6-5-7-10/h10-11H,3-9,12H2,1-2H3. The largest absolute Gasteiger partial charge is 0.329 e. The van der Waals surface area contributed by atoms with Crippen LogP contribution in [0.1, 0.15) is 39.5 Å². The fourth-order valence-corrected chi connectivity index (χ4v) is 3.95. The van der Waals surface area contributed by atoms with Crippen LogP contribution >= 0.6 is 0 Å². The molecule has 0 radical (unpaired) electrons. The maximum atomic E-state index is 12.2. The molecule has 0 spiro atoms. The van der Waals surface area contributed by atoms with Gasteiger partial charge in [0.05, 0.1) is 5.25 Å². The Labute approximate surface area is 99.2 Å². The summed E-state index contributed by atoms with van der Waals surface area (Å²) in [7, 11) is -3.18. The molecule has 0 aromatic heterocycles. The zero-order valence-electron chi connectivity index (χ0n) is 10.4. The smallest absolute Gasteiger partial charge is 0.218 e. The van der Waals surface area contributed by atoms with E-state index in [4.69, 9.17) is 5.73 Å². The van der Waals surface area contributed by atoms with Gasteiger partial charge in [-0.2, -0.15) is 0 Å². The average molecular weight is 248 g/mol. The lowest BCUT2D eigenvalue weighted by atomic mass is 9.85. The first-order valence-electron chi connectivity index (χ1n) is 6.25. The molecule has 1 rings (SSSR count). The highest BCUT2D eigenvalue weighted by Crippen LogP contribution is 2.28. The summed E-state index contributed by atoms with van der Waals surface area (Å²) in [6.07, 6.45) is 4.19. The minimum absolute atomic E-state index is 0.222. The molecule has 1 aliphatic carbocycles. The zero-order chi connectivity index (χ0) is 12.2. The van der Waals surface area contributed by atoms with Gasteiger partial charge >= 0.3 is 0 Å². The van der Waals surface area contributed by atoms with Crippen molar-refractivity contribution in [3.8, 4) is 0 Å². The highest BCUT2D eigenvalue weighted by molar-refractivity contribution is 7.89. The Morgan fingerprint density at radius 3 is 2.31 bits per heavy atom. The van der Waals surface area contributed by atoms with Gasteiger partial charge in [-0.1, -0.05) is 20.3 Å². The summed E-state index contributed by atoms with van der Waals surface area (Å²) in [5.74, 6) is 0.574. The van der Waals surface area contributed by atoms with Crippen molar-refractivity contribution in [3.05, 3.63) is 0 Å². The number of hydrogen-bond donors (Lipinski definition) is 1. The molecule has 1 fully saturated rings. The van der Waals surface area contributed by atoms with Gasteiger partial charge in [0.25, 0.3) is 0 Å². The zero-order valence-corrected chi connectivity index (χ0v) is 11.2. The molecule has 1 unspecified atom stereocenters. The number of rotatable bonds is 7. The third-order valence-electron chi connectivity index (χ3n) is 3.54. The first kappa shape index (κ1) is 13.9. The minimum Gasteiger partial charge on any atom is -0.329 e. The van der Waals surface area contributed by atoms with Crippen LogP contribution in [-0.2, 0) is 10.0 Å². The molecule has 4 nitrogen and oxygen atoms in total. The Kier molecular flexibility index (Phi) is 5.21. The second-order valence-corrected chi connectivity index (χ2v) is 6.77. The molecule has 1 atom stereocenters. The lowest BCUT2D eigenvalue weighted by Gasteiger charge is -2.33. The minimum atomic E-state index is -3.18. The second kappa shape index (κ2) is 5.98. The van der Waals surface area contributed by atoms with Crippen molar-refractivity contribution in [2.24, 2.45) is 11.7 Å². The van der Waals surface area contributed by atoms with Crippen molar-refractivity contribution in [3.63, 3.8) is 0 Å². The van der Waals surface area contributed by atoms with Crippen LogP contribution in [0.15, 0.2) is 0 Å². The first-order valence-corrected chi connectivity index (χ1v) is 7.75. The van der Waals surface area contributed by atoms with E-state index in [0.717, 1.165) is 0 Å². The molecule has 2 N–H and O–H groups in total. The van der Waals surface area contributed by atoms with E-state index in [9.17, 15) is 8.42 Å². The molecule has 16 heavy (non-hydrogen) atoms. The summed E-state index contributed by atoms with van der Waals surface area (Å²) in [6, 6.07) is 0. The molecule has 0 heterocycles. The van der Waals surface area contributed by atoms with Gasteiger partial charge in [0.2, 0.25) is 10.0 Å². The highest BCUT2D eigenvalue weighted by Gasteiger charge is 2.31. The Balaban J connectivity index is 2.68. The molecule has 1 saturated carbocycles. The average Bonchev–Trinajstić information content (AvgIpc) is 2.17. The fourth-order valence-electron chi connectivity index (χ4n) is 2.09. The molecule has 0 aromatic carbocycles. The Bertz CT molecular complexity index is 295. The topological polar surface area (TPSA) is 63.4 Å².